The summed E-state index contributed by atoms with van der Waals surface area (Å²) in [6.07, 6.45) is 0. The van der Waals surface area contributed by atoms with Gasteiger partial charge in [0.2, 0.25) is 0 Å². The van der Waals surface area contributed by atoms with Crippen molar-refractivity contribution < 1.29 is 4.74 Å². The minimum Gasteiger partial charge on any atom is -0.351 e. The van der Waals surface area contributed by atoms with Gasteiger partial charge in [0.25, 0.3) is 0 Å². The van der Waals surface area contributed by atoms with Crippen LogP contribution in [0.2, 0.25) is 0 Å². The quantitative estimate of drug-likeness (QED) is 0.401. The van der Waals surface area contributed by atoms with E-state index in [4.69, 9.17) is 4.74 Å². The highest BCUT2D eigenvalue weighted by Crippen LogP contribution is 1.69. The number of rotatable bonds is 0. The molecule has 1 saturated heterocycles. The van der Waals surface area contributed by atoms with Crippen LogP contribution in [-0.2, 0) is 4.74 Å². The molecule has 0 bridgehead atoms. The van der Waals surface area contributed by atoms with Gasteiger partial charge in [0.1, 0.15) is 0 Å². The van der Waals surface area contributed by atoms with Crippen LogP contribution in [0.4, 0.5) is 0 Å². The zero-order chi connectivity index (χ0) is 4.24. The summed E-state index contributed by atoms with van der Waals surface area (Å²) in [6.45, 7) is 2.25. The molecule has 1 heterocycles. The van der Waals surface area contributed by atoms with Gasteiger partial charge in [0, 0.05) is 6.67 Å². The molecular formula is C3H8N2O. The highest BCUT2D eigenvalue weighted by atomic mass is 16.5. The van der Waals surface area contributed by atoms with E-state index in [-0.39, 0.29) is 0 Å². The first-order valence-electron chi connectivity index (χ1n) is 1.99. The summed E-state index contributed by atoms with van der Waals surface area (Å²) in [6, 6.07) is 0. The molecule has 1 rings (SSSR count). The largest absolute Gasteiger partial charge is 0.351 e. The lowest BCUT2D eigenvalue weighted by Gasteiger charge is -2.12. The van der Waals surface area contributed by atoms with Crippen molar-refractivity contribution >= 4 is 0 Å². The van der Waals surface area contributed by atoms with Gasteiger partial charge in [-0.25, -0.2) is 0 Å². The van der Waals surface area contributed by atoms with Crippen molar-refractivity contribution in [2.45, 2.75) is 0 Å². The standard InChI is InChI=1S/C3H8N2O/c1-4-2-6-3-5-1/h4-5H,1-3H2. The summed E-state index contributed by atoms with van der Waals surface area (Å²) in [7, 11) is 0. The molecule has 0 aromatic rings. The Hall–Kier alpha value is -0.120. The molecule has 36 valence electrons. The van der Waals surface area contributed by atoms with Gasteiger partial charge >= 0.3 is 0 Å². The normalized spacial score (nSPS) is 24.0. The number of ether oxygens (including phenoxy) is 1. The van der Waals surface area contributed by atoms with Gasteiger partial charge in [-0.05, 0) is 0 Å². The van der Waals surface area contributed by atoms with E-state index in [0.717, 1.165) is 6.67 Å². The average molecular weight is 88.1 g/mol. The molecule has 0 spiro atoms. The molecule has 0 atom stereocenters. The van der Waals surface area contributed by atoms with Crippen molar-refractivity contribution in [3.05, 3.63) is 0 Å². The predicted molar refractivity (Wildman–Crippen MR) is 22.0 cm³/mol. The zero-order valence-corrected chi connectivity index (χ0v) is 3.53. The van der Waals surface area contributed by atoms with Crippen LogP contribution in [0.15, 0.2) is 0 Å². The van der Waals surface area contributed by atoms with Crippen LogP contribution in [-0.4, -0.2) is 20.1 Å². The van der Waals surface area contributed by atoms with Crippen LogP contribution in [0, 0.1) is 0 Å². The third kappa shape index (κ3) is 0.931. The Balaban J connectivity index is 2.00. The molecule has 1 aliphatic rings. The lowest BCUT2D eigenvalue weighted by molar-refractivity contribution is 0.0642. The van der Waals surface area contributed by atoms with E-state index in [9.17, 15) is 0 Å². The maximum Gasteiger partial charge on any atom is 0.0992 e. The van der Waals surface area contributed by atoms with E-state index in [1.807, 2.05) is 0 Å². The Morgan fingerprint density at radius 3 is 2.00 bits per heavy atom. The van der Waals surface area contributed by atoms with Crippen molar-refractivity contribution in [1.82, 2.24) is 10.6 Å². The maximum absolute atomic E-state index is 4.85. The first-order valence-corrected chi connectivity index (χ1v) is 1.99. The molecule has 2 N–H and O–H groups in total. The Morgan fingerprint density at radius 2 is 1.83 bits per heavy atom. The zero-order valence-electron chi connectivity index (χ0n) is 3.53. The Bertz CT molecular complexity index is 24.3. The first-order chi connectivity index (χ1) is 3.00. The SMILES string of the molecule is C1NCOCN1. The molecule has 0 aromatic heterocycles. The van der Waals surface area contributed by atoms with E-state index >= 15 is 0 Å². The summed E-state index contributed by atoms with van der Waals surface area (Å²) in [5.41, 5.74) is 0. The summed E-state index contributed by atoms with van der Waals surface area (Å²) < 4.78 is 4.85. The van der Waals surface area contributed by atoms with Gasteiger partial charge in [-0.3, -0.25) is 10.6 Å². The molecule has 0 aliphatic carbocycles. The Labute approximate surface area is 36.7 Å². The number of nitrogens with one attached hydrogen (secondary N) is 2. The van der Waals surface area contributed by atoms with Crippen molar-refractivity contribution in [3.63, 3.8) is 0 Å². The minimum absolute atomic E-state index is 0.688. The third-order valence-corrected chi connectivity index (χ3v) is 0.658. The molecular weight excluding hydrogens is 80.0 g/mol. The molecule has 0 saturated carbocycles. The molecule has 0 radical (unpaired) electrons. The predicted octanol–water partition coefficient (Wildman–Crippen LogP) is -0.932. The highest BCUT2D eigenvalue weighted by Gasteiger charge is 1.90. The van der Waals surface area contributed by atoms with Crippen LogP contribution < -0.4 is 10.6 Å². The molecule has 3 heteroatoms. The smallest absolute Gasteiger partial charge is 0.0992 e. The molecule has 0 amide bonds. The topological polar surface area (TPSA) is 33.3 Å². The van der Waals surface area contributed by atoms with Crippen molar-refractivity contribution in [3.8, 4) is 0 Å². The molecule has 0 unspecified atom stereocenters. The third-order valence-electron chi connectivity index (χ3n) is 0.658. The lowest BCUT2D eigenvalue weighted by atomic mass is 10.9. The fourth-order valence-electron chi connectivity index (χ4n) is 0.386. The molecule has 1 aliphatic heterocycles. The highest BCUT2D eigenvalue weighted by molar-refractivity contribution is 4.38. The van der Waals surface area contributed by atoms with E-state index < -0.39 is 0 Å². The summed E-state index contributed by atoms with van der Waals surface area (Å²) >= 11 is 0. The van der Waals surface area contributed by atoms with Gasteiger partial charge in [-0.15, -0.1) is 0 Å². The van der Waals surface area contributed by atoms with Gasteiger partial charge in [0.05, 0.1) is 13.5 Å². The van der Waals surface area contributed by atoms with Crippen LogP contribution in [0.1, 0.15) is 0 Å². The second-order valence-electron chi connectivity index (χ2n) is 1.17. The van der Waals surface area contributed by atoms with Crippen molar-refractivity contribution in [2.24, 2.45) is 0 Å². The molecule has 0 aromatic carbocycles. The molecule has 6 heavy (non-hydrogen) atoms. The monoisotopic (exact) mass is 88.1 g/mol. The first kappa shape index (κ1) is 4.05. The second-order valence-corrected chi connectivity index (χ2v) is 1.17. The van der Waals surface area contributed by atoms with E-state index in [1.54, 1.807) is 0 Å². The molecule has 1 fully saturated rings. The average Bonchev–Trinajstić information content (AvgIpc) is 1.72. The fourth-order valence-corrected chi connectivity index (χ4v) is 0.386. The Kier molecular flexibility index (Phi) is 1.43. The summed E-state index contributed by atoms with van der Waals surface area (Å²) in [4.78, 5) is 0. The van der Waals surface area contributed by atoms with Crippen LogP contribution in [0.3, 0.4) is 0 Å². The van der Waals surface area contributed by atoms with Gasteiger partial charge in [-0.1, -0.05) is 0 Å². The van der Waals surface area contributed by atoms with Gasteiger partial charge in [-0.2, -0.15) is 0 Å². The van der Waals surface area contributed by atoms with Gasteiger partial charge < -0.3 is 4.74 Å². The second kappa shape index (κ2) is 2.12. The van der Waals surface area contributed by atoms with E-state index in [2.05, 4.69) is 10.6 Å². The van der Waals surface area contributed by atoms with Gasteiger partial charge in [0.15, 0.2) is 0 Å². The summed E-state index contributed by atoms with van der Waals surface area (Å²) in [5, 5.41) is 5.90. The van der Waals surface area contributed by atoms with Crippen LogP contribution in [0.5, 0.6) is 0 Å². The van der Waals surface area contributed by atoms with Crippen LogP contribution >= 0.6 is 0 Å². The molecule has 3 nitrogen and oxygen atoms in total. The lowest BCUT2D eigenvalue weighted by Crippen LogP contribution is -2.38. The summed E-state index contributed by atoms with van der Waals surface area (Å²) in [5.74, 6) is 0. The van der Waals surface area contributed by atoms with Crippen molar-refractivity contribution in [1.29, 1.82) is 0 Å². The van der Waals surface area contributed by atoms with E-state index in [0.29, 0.717) is 13.5 Å². The minimum atomic E-state index is 0.688. The van der Waals surface area contributed by atoms with Crippen molar-refractivity contribution in [2.75, 3.05) is 20.1 Å². The fraction of sp³-hybridized carbons (Fsp3) is 1.00. The Morgan fingerprint density at radius 1 is 1.17 bits per heavy atom. The van der Waals surface area contributed by atoms with E-state index in [1.165, 1.54) is 0 Å². The van der Waals surface area contributed by atoms with Crippen LogP contribution in [0.25, 0.3) is 0 Å². The number of hydrogen-bond acceptors (Lipinski definition) is 3. The maximum atomic E-state index is 4.85. The number of hydrogen-bond donors (Lipinski definition) is 2.